The number of phenolic OH excluding ortho intramolecular Hbond substituents is 1. The molecule has 1 heterocycles. The largest absolute Gasteiger partial charge is 0.507 e. The van der Waals surface area contributed by atoms with Gasteiger partial charge in [-0.1, -0.05) is 0 Å². The van der Waals surface area contributed by atoms with E-state index < -0.39 is 0 Å². The van der Waals surface area contributed by atoms with Crippen LogP contribution in [-0.2, 0) is 4.79 Å². The Morgan fingerprint density at radius 3 is 2.80 bits per heavy atom. The smallest absolute Gasteiger partial charge is 0.257 e. The number of phenols is 1. The fraction of sp³-hybridized carbons (Fsp3) is 0.429. The van der Waals surface area contributed by atoms with Crippen LogP contribution >= 0.6 is 0 Å². The second-order valence-corrected chi connectivity index (χ2v) is 4.82. The van der Waals surface area contributed by atoms with Gasteiger partial charge in [0.15, 0.2) is 0 Å². The lowest BCUT2D eigenvalue weighted by Gasteiger charge is -2.17. The Labute approximate surface area is 117 Å². The van der Waals surface area contributed by atoms with Crippen LogP contribution in [0.5, 0.6) is 11.5 Å². The molecule has 2 N–H and O–H groups in total. The first-order valence-corrected chi connectivity index (χ1v) is 6.44. The first-order chi connectivity index (χ1) is 9.51. The summed E-state index contributed by atoms with van der Waals surface area (Å²) in [6, 6.07) is 4.57. The van der Waals surface area contributed by atoms with Crippen LogP contribution in [0.3, 0.4) is 0 Å². The molecule has 2 amide bonds. The number of ether oxygens (including phenoxy) is 1. The third-order valence-corrected chi connectivity index (χ3v) is 3.32. The lowest BCUT2D eigenvalue weighted by Crippen LogP contribution is -2.37. The molecule has 0 bridgehead atoms. The van der Waals surface area contributed by atoms with Crippen LogP contribution in [0.2, 0.25) is 0 Å². The summed E-state index contributed by atoms with van der Waals surface area (Å²) in [5, 5.41) is 12.7. The maximum Gasteiger partial charge on any atom is 0.257 e. The van der Waals surface area contributed by atoms with E-state index in [9.17, 15) is 14.7 Å². The minimum Gasteiger partial charge on any atom is -0.507 e. The number of hydrogen-bond acceptors (Lipinski definition) is 4. The molecule has 0 spiro atoms. The Balaban J connectivity index is 2.07. The monoisotopic (exact) mass is 278 g/mol. The van der Waals surface area contributed by atoms with E-state index in [1.807, 2.05) is 0 Å². The van der Waals surface area contributed by atoms with Gasteiger partial charge in [0.05, 0.1) is 12.7 Å². The van der Waals surface area contributed by atoms with Crippen molar-refractivity contribution in [1.82, 2.24) is 10.2 Å². The van der Waals surface area contributed by atoms with Crippen molar-refractivity contribution in [3.63, 3.8) is 0 Å². The summed E-state index contributed by atoms with van der Waals surface area (Å²) in [6.07, 6.45) is 0.724. The van der Waals surface area contributed by atoms with Gasteiger partial charge in [0.2, 0.25) is 5.91 Å². The molecular weight excluding hydrogens is 260 g/mol. The molecule has 0 radical (unpaired) electrons. The van der Waals surface area contributed by atoms with Crippen molar-refractivity contribution in [2.24, 2.45) is 0 Å². The first-order valence-electron chi connectivity index (χ1n) is 6.44. The minimum atomic E-state index is -0.238. The van der Waals surface area contributed by atoms with Crippen LogP contribution < -0.4 is 10.1 Å². The number of aromatic hydroxyl groups is 1. The van der Waals surface area contributed by atoms with Crippen molar-refractivity contribution >= 4 is 11.8 Å². The molecule has 20 heavy (non-hydrogen) atoms. The maximum absolute atomic E-state index is 12.3. The van der Waals surface area contributed by atoms with E-state index in [0.29, 0.717) is 18.8 Å². The standard InChI is InChI=1S/C14H18N2O4/c1-9(17)15-10-5-6-16(8-10)14(19)12-4-3-11(20-2)7-13(12)18/h3-4,7,10,18H,5-6,8H2,1-2H3,(H,15,17). The van der Waals surface area contributed by atoms with Gasteiger partial charge in [-0.3, -0.25) is 9.59 Å². The van der Waals surface area contributed by atoms with Crippen LogP contribution in [0, 0.1) is 0 Å². The molecule has 108 valence electrons. The van der Waals surface area contributed by atoms with E-state index in [4.69, 9.17) is 4.74 Å². The number of likely N-dealkylation sites (tertiary alicyclic amines) is 1. The zero-order valence-corrected chi connectivity index (χ0v) is 11.5. The highest BCUT2D eigenvalue weighted by Gasteiger charge is 2.28. The highest BCUT2D eigenvalue weighted by Crippen LogP contribution is 2.25. The van der Waals surface area contributed by atoms with Crippen LogP contribution in [0.4, 0.5) is 0 Å². The number of nitrogens with one attached hydrogen (secondary N) is 1. The molecule has 6 nitrogen and oxygen atoms in total. The predicted molar refractivity (Wildman–Crippen MR) is 72.8 cm³/mol. The summed E-state index contributed by atoms with van der Waals surface area (Å²) in [6.45, 7) is 2.49. The number of carbonyl (C=O) groups excluding carboxylic acids is 2. The first kappa shape index (κ1) is 14.2. The molecule has 1 fully saturated rings. The molecule has 1 aromatic rings. The Bertz CT molecular complexity index is 530. The minimum absolute atomic E-state index is 0.0168. The van der Waals surface area contributed by atoms with Gasteiger partial charge in [0, 0.05) is 32.1 Å². The van der Waals surface area contributed by atoms with E-state index in [1.165, 1.54) is 20.1 Å². The Hall–Kier alpha value is -2.24. The summed E-state index contributed by atoms with van der Waals surface area (Å²) in [5.74, 6) is 0.0588. The lowest BCUT2D eigenvalue weighted by molar-refractivity contribution is -0.119. The molecule has 6 heteroatoms. The third-order valence-electron chi connectivity index (χ3n) is 3.32. The summed E-state index contributed by atoms with van der Waals surface area (Å²) in [5.41, 5.74) is 0.245. The Morgan fingerprint density at radius 1 is 1.45 bits per heavy atom. The van der Waals surface area contributed by atoms with Gasteiger partial charge < -0.3 is 20.1 Å². The van der Waals surface area contributed by atoms with Gasteiger partial charge in [-0.05, 0) is 18.6 Å². The number of methoxy groups -OCH3 is 1. The SMILES string of the molecule is COc1ccc(C(=O)N2CCC(NC(C)=O)C2)c(O)c1. The number of amides is 2. The molecule has 1 saturated heterocycles. The van der Waals surface area contributed by atoms with Crippen LogP contribution in [-0.4, -0.2) is 48.1 Å². The highest BCUT2D eigenvalue weighted by molar-refractivity contribution is 5.97. The summed E-state index contributed by atoms with van der Waals surface area (Å²) in [7, 11) is 1.49. The maximum atomic E-state index is 12.3. The average Bonchev–Trinajstić information content (AvgIpc) is 2.85. The molecule has 0 aliphatic carbocycles. The van der Waals surface area contributed by atoms with Crippen molar-refractivity contribution in [2.45, 2.75) is 19.4 Å². The molecule has 1 atom stereocenters. The molecule has 1 aliphatic heterocycles. The van der Waals surface area contributed by atoms with Crippen molar-refractivity contribution in [1.29, 1.82) is 0 Å². The van der Waals surface area contributed by atoms with E-state index in [0.717, 1.165) is 6.42 Å². The number of benzene rings is 1. The molecule has 0 aromatic heterocycles. The van der Waals surface area contributed by atoms with Gasteiger partial charge in [0.25, 0.3) is 5.91 Å². The second-order valence-electron chi connectivity index (χ2n) is 4.82. The average molecular weight is 278 g/mol. The molecule has 1 aliphatic rings. The van der Waals surface area contributed by atoms with Gasteiger partial charge in [0.1, 0.15) is 11.5 Å². The van der Waals surface area contributed by atoms with Crippen molar-refractivity contribution in [2.75, 3.05) is 20.2 Å². The molecule has 1 aromatic carbocycles. The van der Waals surface area contributed by atoms with Gasteiger partial charge in [-0.25, -0.2) is 0 Å². The van der Waals surface area contributed by atoms with Crippen LogP contribution in [0.15, 0.2) is 18.2 Å². The second kappa shape index (κ2) is 5.81. The van der Waals surface area contributed by atoms with Crippen LogP contribution in [0.25, 0.3) is 0 Å². The quantitative estimate of drug-likeness (QED) is 0.855. The Kier molecular flexibility index (Phi) is 4.12. The predicted octanol–water partition coefficient (Wildman–Crippen LogP) is 0.751. The zero-order chi connectivity index (χ0) is 14.7. The number of hydrogen-bond donors (Lipinski definition) is 2. The van der Waals surface area contributed by atoms with Crippen molar-refractivity contribution in [3.8, 4) is 11.5 Å². The molecule has 0 saturated carbocycles. The van der Waals surface area contributed by atoms with Gasteiger partial charge >= 0.3 is 0 Å². The van der Waals surface area contributed by atoms with E-state index in [-0.39, 0.29) is 29.2 Å². The fourth-order valence-corrected chi connectivity index (χ4v) is 2.34. The van der Waals surface area contributed by atoms with Crippen LogP contribution in [0.1, 0.15) is 23.7 Å². The Morgan fingerprint density at radius 2 is 2.20 bits per heavy atom. The van der Waals surface area contributed by atoms with Crippen molar-refractivity contribution < 1.29 is 19.4 Å². The van der Waals surface area contributed by atoms with E-state index >= 15 is 0 Å². The lowest BCUT2D eigenvalue weighted by atomic mass is 10.1. The topological polar surface area (TPSA) is 78.9 Å². The van der Waals surface area contributed by atoms with Crippen molar-refractivity contribution in [3.05, 3.63) is 23.8 Å². The van der Waals surface area contributed by atoms with E-state index in [1.54, 1.807) is 17.0 Å². The zero-order valence-electron chi connectivity index (χ0n) is 11.5. The molecular formula is C14H18N2O4. The number of rotatable bonds is 3. The number of carbonyl (C=O) groups is 2. The fourth-order valence-electron chi connectivity index (χ4n) is 2.34. The van der Waals surface area contributed by atoms with Gasteiger partial charge in [-0.15, -0.1) is 0 Å². The molecule has 1 unspecified atom stereocenters. The summed E-state index contributed by atoms with van der Waals surface area (Å²) in [4.78, 5) is 24.9. The summed E-state index contributed by atoms with van der Waals surface area (Å²) >= 11 is 0. The third kappa shape index (κ3) is 3.01. The summed E-state index contributed by atoms with van der Waals surface area (Å²) < 4.78 is 4.98. The van der Waals surface area contributed by atoms with Gasteiger partial charge in [-0.2, -0.15) is 0 Å². The number of nitrogens with zero attached hydrogens (tertiary/aromatic N) is 1. The van der Waals surface area contributed by atoms with E-state index in [2.05, 4.69) is 5.32 Å². The molecule has 2 rings (SSSR count). The normalized spacial score (nSPS) is 17.9. The highest BCUT2D eigenvalue weighted by atomic mass is 16.5.